The van der Waals surface area contributed by atoms with Gasteiger partial charge in [0.1, 0.15) is 17.2 Å². The zero-order chi connectivity index (χ0) is 20.0. The maximum atomic E-state index is 13.0. The zero-order valence-corrected chi connectivity index (χ0v) is 16.5. The Bertz CT molecular complexity index is 1220. The van der Waals surface area contributed by atoms with Crippen LogP contribution in [0, 0.1) is 0 Å². The molecule has 0 radical (unpaired) electrons. The average molecular weight is 389 g/mol. The third-order valence-corrected chi connectivity index (χ3v) is 5.81. The Kier molecular flexibility index (Phi) is 4.19. The van der Waals surface area contributed by atoms with Crippen molar-refractivity contribution in [3.63, 3.8) is 0 Å². The maximum Gasteiger partial charge on any atom is 0.268 e. The van der Waals surface area contributed by atoms with Crippen molar-refractivity contribution < 1.29 is 14.3 Å². The lowest BCUT2D eigenvalue weighted by molar-refractivity contribution is 0.0927. The van der Waals surface area contributed by atoms with Gasteiger partial charge >= 0.3 is 0 Å². The molecule has 6 heteroatoms. The summed E-state index contributed by atoms with van der Waals surface area (Å²) in [7, 11) is 3.31. The van der Waals surface area contributed by atoms with Gasteiger partial charge < -0.3 is 24.8 Å². The van der Waals surface area contributed by atoms with Gasteiger partial charge in [0.25, 0.3) is 5.91 Å². The van der Waals surface area contributed by atoms with Crippen LogP contribution in [0.25, 0.3) is 21.8 Å². The van der Waals surface area contributed by atoms with Crippen LogP contribution >= 0.6 is 0 Å². The van der Waals surface area contributed by atoms with Crippen LogP contribution in [0.1, 0.15) is 40.6 Å². The molecule has 1 amide bonds. The van der Waals surface area contributed by atoms with E-state index in [2.05, 4.69) is 21.4 Å². The summed E-state index contributed by atoms with van der Waals surface area (Å²) in [4.78, 5) is 19.7. The standard InChI is InChI=1S/C23H23N3O3/c1-28-13-9-10-18-15(11-13)14-5-3-7-19(22(14)25-18)26-23(27)20-12-16-17(24-20)6-4-8-21(16)29-2/h4,6,8-12,19,24-25H,3,5,7H2,1-2H3,(H,26,27)/t19-/m0/s1. The highest BCUT2D eigenvalue weighted by Crippen LogP contribution is 2.36. The van der Waals surface area contributed by atoms with Gasteiger partial charge in [-0.2, -0.15) is 0 Å². The van der Waals surface area contributed by atoms with Gasteiger partial charge in [0, 0.05) is 27.5 Å². The van der Waals surface area contributed by atoms with E-state index in [9.17, 15) is 4.79 Å². The number of H-pyrrole nitrogens is 2. The Morgan fingerprint density at radius 1 is 1.03 bits per heavy atom. The van der Waals surface area contributed by atoms with Gasteiger partial charge in [0.05, 0.1) is 20.3 Å². The fourth-order valence-corrected chi connectivity index (χ4v) is 4.38. The van der Waals surface area contributed by atoms with Gasteiger partial charge in [-0.05, 0) is 61.2 Å². The molecule has 5 rings (SSSR count). The van der Waals surface area contributed by atoms with Crippen LogP contribution < -0.4 is 14.8 Å². The van der Waals surface area contributed by atoms with E-state index in [0.717, 1.165) is 52.9 Å². The topological polar surface area (TPSA) is 79.1 Å². The molecule has 148 valence electrons. The highest BCUT2D eigenvalue weighted by Gasteiger charge is 2.26. The average Bonchev–Trinajstić information content (AvgIpc) is 3.35. The molecule has 3 N–H and O–H groups in total. The molecule has 4 aromatic rings. The molecule has 0 aliphatic heterocycles. The highest BCUT2D eigenvalue weighted by molar-refractivity contribution is 6.00. The van der Waals surface area contributed by atoms with Gasteiger partial charge in [-0.1, -0.05) is 6.07 Å². The van der Waals surface area contributed by atoms with Gasteiger partial charge in [-0.15, -0.1) is 0 Å². The smallest absolute Gasteiger partial charge is 0.268 e. The molecule has 0 saturated carbocycles. The second-order valence-electron chi connectivity index (χ2n) is 7.45. The number of benzene rings is 2. The number of carbonyl (C=O) groups is 1. The first-order valence-corrected chi connectivity index (χ1v) is 9.83. The van der Waals surface area contributed by atoms with Crippen LogP contribution in [0.2, 0.25) is 0 Å². The number of aromatic nitrogens is 2. The molecule has 1 aliphatic rings. The van der Waals surface area contributed by atoms with Crippen molar-refractivity contribution in [3.8, 4) is 11.5 Å². The van der Waals surface area contributed by atoms with E-state index in [1.54, 1.807) is 14.2 Å². The molecule has 0 spiro atoms. The molecule has 2 heterocycles. The van der Waals surface area contributed by atoms with Crippen LogP contribution in [-0.2, 0) is 6.42 Å². The fraction of sp³-hybridized carbons (Fsp3) is 0.261. The summed E-state index contributed by atoms with van der Waals surface area (Å²) in [5.41, 5.74) is 4.87. The van der Waals surface area contributed by atoms with Gasteiger partial charge in [-0.25, -0.2) is 0 Å². The summed E-state index contributed by atoms with van der Waals surface area (Å²) >= 11 is 0. The number of rotatable bonds is 4. The fourth-order valence-electron chi connectivity index (χ4n) is 4.38. The van der Waals surface area contributed by atoms with Crippen molar-refractivity contribution in [3.05, 3.63) is 59.4 Å². The second kappa shape index (κ2) is 6.88. The summed E-state index contributed by atoms with van der Waals surface area (Å²) in [6, 6.07) is 13.6. The predicted molar refractivity (Wildman–Crippen MR) is 113 cm³/mol. The number of amides is 1. The second-order valence-corrected chi connectivity index (χ2v) is 7.45. The number of hydrogen-bond acceptors (Lipinski definition) is 3. The van der Waals surface area contributed by atoms with Gasteiger partial charge in [-0.3, -0.25) is 4.79 Å². The third kappa shape index (κ3) is 2.92. The summed E-state index contributed by atoms with van der Waals surface area (Å²) in [5.74, 6) is 1.48. The highest BCUT2D eigenvalue weighted by atomic mass is 16.5. The monoisotopic (exact) mass is 389 g/mol. The quantitative estimate of drug-likeness (QED) is 0.482. The number of aromatic amines is 2. The minimum absolute atomic E-state index is 0.0436. The molecular weight excluding hydrogens is 366 g/mol. The van der Waals surface area contributed by atoms with Gasteiger partial charge in [0.2, 0.25) is 0 Å². The lowest BCUT2D eigenvalue weighted by Gasteiger charge is -2.23. The molecule has 0 bridgehead atoms. The maximum absolute atomic E-state index is 13.0. The zero-order valence-electron chi connectivity index (χ0n) is 16.5. The molecule has 1 atom stereocenters. The van der Waals surface area contributed by atoms with Crippen LogP contribution in [0.4, 0.5) is 0 Å². The normalized spacial score (nSPS) is 16.0. The predicted octanol–water partition coefficient (Wildman–Crippen LogP) is 4.47. The van der Waals surface area contributed by atoms with E-state index in [1.165, 1.54) is 10.9 Å². The Morgan fingerprint density at radius 3 is 2.72 bits per heavy atom. The van der Waals surface area contributed by atoms with Crippen LogP contribution in [0.5, 0.6) is 11.5 Å². The van der Waals surface area contributed by atoms with Crippen LogP contribution in [0.15, 0.2) is 42.5 Å². The minimum atomic E-state index is -0.114. The van der Waals surface area contributed by atoms with Crippen molar-refractivity contribution in [2.75, 3.05) is 14.2 Å². The number of carbonyl (C=O) groups excluding carboxylic acids is 1. The summed E-state index contributed by atoms with van der Waals surface area (Å²) in [6.07, 6.45) is 2.94. The lowest BCUT2D eigenvalue weighted by atomic mass is 9.91. The molecule has 29 heavy (non-hydrogen) atoms. The van der Waals surface area contributed by atoms with Crippen molar-refractivity contribution in [1.82, 2.24) is 15.3 Å². The van der Waals surface area contributed by atoms with Gasteiger partial charge in [0.15, 0.2) is 0 Å². The summed E-state index contributed by atoms with van der Waals surface area (Å²) < 4.78 is 10.8. The largest absolute Gasteiger partial charge is 0.497 e. The number of fused-ring (bicyclic) bond motifs is 4. The molecule has 1 aliphatic carbocycles. The molecule has 0 fully saturated rings. The van der Waals surface area contributed by atoms with E-state index in [1.807, 2.05) is 36.4 Å². The number of ether oxygens (including phenoxy) is 2. The number of methoxy groups -OCH3 is 2. The first-order valence-electron chi connectivity index (χ1n) is 9.83. The van der Waals surface area contributed by atoms with Crippen LogP contribution in [-0.4, -0.2) is 30.1 Å². The first kappa shape index (κ1) is 17.7. The van der Waals surface area contributed by atoms with Crippen molar-refractivity contribution >= 4 is 27.7 Å². The Balaban J connectivity index is 1.47. The molecule has 6 nitrogen and oxygen atoms in total. The minimum Gasteiger partial charge on any atom is -0.497 e. The molecular formula is C23H23N3O3. The van der Waals surface area contributed by atoms with E-state index < -0.39 is 0 Å². The third-order valence-electron chi connectivity index (χ3n) is 5.81. The first-order chi connectivity index (χ1) is 14.2. The number of hydrogen-bond donors (Lipinski definition) is 3. The van der Waals surface area contributed by atoms with Crippen molar-refractivity contribution in [1.29, 1.82) is 0 Å². The Morgan fingerprint density at radius 2 is 1.90 bits per heavy atom. The van der Waals surface area contributed by atoms with E-state index >= 15 is 0 Å². The Hall–Kier alpha value is -3.41. The van der Waals surface area contributed by atoms with E-state index in [4.69, 9.17) is 9.47 Å². The van der Waals surface area contributed by atoms with E-state index in [0.29, 0.717) is 5.69 Å². The molecule has 0 saturated heterocycles. The van der Waals surface area contributed by atoms with Crippen molar-refractivity contribution in [2.24, 2.45) is 0 Å². The van der Waals surface area contributed by atoms with Crippen molar-refractivity contribution in [2.45, 2.75) is 25.3 Å². The number of aryl methyl sites for hydroxylation is 1. The molecule has 2 aromatic carbocycles. The molecule has 2 aromatic heterocycles. The summed E-state index contributed by atoms with van der Waals surface area (Å²) in [6.45, 7) is 0. The molecule has 0 unspecified atom stereocenters. The van der Waals surface area contributed by atoms with Crippen LogP contribution in [0.3, 0.4) is 0 Å². The summed E-state index contributed by atoms with van der Waals surface area (Å²) in [5, 5.41) is 5.29. The number of nitrogens with one attached hydrogen (secondary N) is 3. The SMILES string of the molecule is COc1ccc2[nH]c3c(c2c1)CCC[C@@H]3NC(=O)c1cc2c(OC)cccc2[nH]1. The Labute approximate surface area is 168 Å². The van der Waals surface area contributed by atoms with E-state index in [-0.39, 0.29) is 11.9 Å². The lowest BCUT2D eigenvalue weighted by Crippen LogP contribution is -2.31.